The van der Waals surface area contributed by atoms with Gasteiger partial charge in [0.2, 0.25) is 0 Å². The molecule has 0 aromatic carbocycles. The topological polar surface area (TPSA) is 75.6 Å². The van der Waals surface area contributed by atoms with E-state index in [1.165, 1.54) is 6.08 Å². The fourth-order valence-electron chi connectivity index (χ4n) is 1.94. The van der Waals surface area contributed by atoms with E-state index in [2.05, 4.69) is 5.32 Å². The predicted octanol–water partition coefficient (Wildman–Crippen LogP) is 2.49. The summed E-state index contributed by atoms with van der Waals surface area (Å²) in [5.74, 6) is -1.46. The van der Waals surface area contributed by atoms with Crippen LogP contribution in [0.25, 0.3) is 0 Å². The van der Waals surface area contributed by atoms with Gasteiger partial charge < -0.3 is 15.2 Å². The van der Waals surface area contributed by atoms with Crippen LogP contribution in [0.3, 0.4) is 0 Å². The van der Waals surface area contributed by atoms with Crippen LogP contribution < -0.4 is 5.32 Å². The summed E-state index contributed by atoms with van der Waals surface area (Å²) in [5, 5.41) is 11.9. The van der Waals surface area contributed by atoms with Gasteiger partial charge in [0.15, 0.2) is 5.54 Å². The van der Waals surface area contributed by atoms with Crippen molar-refractivity contribution < 1.29 is 19.4 Å². The summed E-state index contributed by atoms with van der Waals surface area (Å²) in [6, 6.07) is 0. The molecule has 2 N–H and O–H groups in total. The zero-order valence-corrected chi connectivity index (χ0v) is 12.0. The quantitative estimate of drug-likeness (QED) is 0.806. The number of hydrogen-bond donors (Lipinski definition) is 2. The first kappa shape index (κ1) is 15.3. The second-order valence-corrected chi connectivity index (χ2v) is 5.83. The number of hydrogen-bond acceptors (Lipinski definition) is 3. The van der Waals surface area contributed by atoms with Gasteiger partial charge in [-0.15, -0.1) is 0 Å². The first-order valence-electron chi connectivity index (χ1n) is 6.19. The summed E-state index contributed by atoms with van der Waals surface area (Å²) in [6.07, 6.45) is 4.26. The SMILES string of the molecule is CC1=CC(C)C(NC(=O)OC(C)(C)C)(C(=O)O)C=C1. The minimum Gasteiger partial charge on any atom is -0.479 e. The van der Waals surface area contributed by atoms with Crippen molar-refractivity contribution in [3.05, 3.63) is 23.8 Å². The molecule has 1 amide bonds. The average Bonchev–Trinajstić information content (AvgIpc) is 2.19. The van der Waals surface area contributed by atoms with Crippen molar-refractivity contribution in [1.29, 1.82) is 0 Å². The maximum atomic E-state index is 11.8. The molecular formula is C14H21NO4. The number of amides is 1. The molecule has 0 aliphatic heterocycles. The first-order chi connectivity index (χ1) is 8.57. The predicted molar refractivity (Wildman–Crippen MR) is 71.8 cm³/mol. The van der Waals surface area contributed by atoms with Crippen LogP contribution >= 0.6 is 0 Å². The van der Waals surface area contributed by atoms with Gasteiger partial charge in [-0.1, -0.05) is 24.6 Å². The number of nitrogens with one attached hydrogen (secondary N) is 1. The van der Waals surface area contributed by atoms with E-state index < -0.39 is 23.2 Å². The van der Waals surface area contributed by atoms with Crippen molar-refractivity contribution in [2.45, 2.75) is 45.8 Å². The van der Waals surface area contributed by atoms with Gasteiger partial charge in [-0.2, -0.15) is 0 Å². The molecule has 0 bridgehead atoms. The molecule has 0 aromatic heterocycles. The van der Waals surface area contributed by atoms with Crippen molar-refractivity contribution >= 4 is 12.1 Å². The van der Waals surface area contributed by atoms with Gasteiger partial charge in [-0.05, 0) is 33.8 Å². The van der Waals surface area contributed by atoms with Gasteiger partial charge >= 0.3 is 12.1 Å². The van der Waals surface area contributed by atoms with E-state index in [1.54, 1.807) is 33.8 Å². The molecule has 0 radical (unpaired) electrons. The number of ether oxygens (including phenoxy) is 1. The maximum Gasteiger partial charge on any atom is 0.408 e. The van der Waals surface area contributed by atoms with Crippen molar-refractivity contribution in [3.63, 3.8) is 0 Å². The number of carboxylic acid groups (broad SMARTS) is 1. The first-order valence-corrected chi connectivity index (χ1v) is 6.19. The van der Waals surface area contributed by atoms with Crippen molar-refractivity contribution in [2.75, 3.05) is 0 Å². The highest BCUT2D eigenvalue weighted by Gasteiger charge is 2.44. The normalized spacial score (nSPS) is 26.6. The number of carboxylic acids is 1. The van der Waals surface area contributed by atoms with E-state index in [9.17, 15) is 14.7 Å². The van der Waals surface area contributed by atoms with Gasteiger partial charge in [-0.25, -0.2) is 9.59 Å². The zero-order valence-electron chi connectivity index (χ0n) is 12.0. The molecule has 0 fully saturated rings. The van der Waals surface area contributed by atoms with Crippen molar-refractivity contribution in [1.82, 2.24) is 5.32 Å². The standard InChI is InChI=1S/C14H21NO4/c1-9-6-7-14(11(16)17,10(2)8-9)15-12(18)19-13(3,4)5/h6-8,10H,1-5H3,(H,15,18)(H,16,17). The number of allylic oxidation sites excluding steroid dienone is 2. The molecule has 1 aliphatic carbocycles. The Morgan fingerprint density at radius 3 is 2.42 bits per heavy atom. The number of carbonyl (C=O) groups excluding carboxylic acids is 1. The molecule has 1 aliphatic rings. The third kappa shape index (κ3) is 3.59. The maximum absolute atomic E-state index is 11.8. The van der Waals surface area contributed by atoms with Crippen molar-refractivity contribution in [3.8, 4) is 0 Å². The highest BCUT2D eigenvalue weighted by atomic mass is 16.6. The molecule has 0 aromatic rings. The second-order valence-electron chi connectivity index (χ2n) is 5.83. The minimum atomic E-state index is -1.46. The molecule has 1 rings (SSSR count). The molecule has 2 unspecified atom stereocenters. The lowest BCUT2D eigenvalue weighted by Gasteiger charge is -2.34. The average molecular weight is 267 g/mol. The number of aliphatic carboxylic acids is 1. The van der Waals surface area contributed by atoms with Gasteiger partial charge in [0.25, 0.3) is 0 Å². The number of carbonyl (C=O) groups is 2. The van der Waals surface area contributed by atoms with E-state index >= 15 is 0 Å². The van der Waals surface area contributed by atoms with Gasteiger partial charge in [0.05, 0.1) is 0 Å². The van der Waals surface area contributed by atoms with Crippen LogP contribution in [0.15, 0.2) is 23.8 Å². The van der Waals surface area contributed by atoms with E-state index in [-0.39, 0.29) is 5.92 Å². The fraction of sp³-hybridized carbons (Fsp3) is 0.571. The molecule has 5 heteroatoms. The zero-order chi connectivity index (χ0) is 14.8. The Balaban J connectivity index is 2.95. The van der Waals surface area contributed by atoms with Crippen LogP contribution in [0.5, 0.6) is 0 Å². The number of alkyl carbamates (subject to hydrolysis) is 1. The second kappa shape index (κ2) is 5.07. The van der Waals surface area contributed by atoms with Crippen molar-refractivity contribution in [2.24, 2.45) is 5.92 Å². The van der Waals surface area contributed by atoms with Crippen LogP contribution in [0.4, 0.5) is 4.79 Å². The third-order valence-electron chi connectivity index (χ3n) is 2.90. The highest BCUT2D eigenvalue weighted by Crippen LogP contribution is 2.28. The van der Waals surface area contributed by atoms with Gasteiger partial charge in [-0.3, -0.25) is 0 Å². The molecule has 106 valence electrons. The summed E-state index contributed by atoms with van der Waals surface area (Å²) >= 11 is 0. The molecule has 2 atom stereocenters. The van der Waals surface area contributed by atoms with Gasteiger partial charge in [0.1, 0.15) is 5.60 Å². The largest absolute Gasteiger partial charge is 0.479 e. The van der Waals surface area contributed by atoms with Crippen LogP contribution in [0, 0.1) is 5.92 Å². The van der Waals surface area contributed by atoms with E-state index in [0.717, 1.165) is 5.57 Å². The lowest BCUT2D eigenvalue weighted by molar-refractivity contribution is -0.144. The Morgan fingerprint density at radius 1 is 1.42 bits per heavy atom. The Kier molecular flexibility index (Phi) is 4.08. The highest BCUT2D eigenvalue weighted by molar-refractivity contribution is 5.88. The summed E-state index contributed by atoms with van der Waals surface area (Å²) in [7, 11) is 0. The van der Waals surface area contributed by atoms with Crippen LogP contribution in [0.2, 0.25) is 0 Å². The van der Waals surface area contributed by atoms with Crippen LogP contribution in [0.1, 0.15) is 34.6 Å². The van der Waals surface area contributed by atoms with Gasteiger partial charge in [0, 0.05) is 5.92 Å². The molecular weight excluding hydrogens is 246 g/mol. The lowest BCUT2D eigenvalue weighted by Crippen LogP contribution is -2.58. The minimum absolute atomic E-state index is 0.359. The Bertz CT molecular complexity index is 445. The third-order valence-corrected chi connectivity index (χ3v) is 2.90. The fourth-order valence-corrected chi connectivity index (χ4v) is 1.94. The molecule has 0 saturated carbocycles. The molecule has 19 heavy (non-hydrogen) atoms. The molecule has 0 spiro atoms. The van der Waals surface area contributed by atoms with E-state index in [0.29, 0.717) is 0 Å². The molecule has 5 nitrogen and oxygen atoms in total. The summed E-state index contributed by atoms with van der Waals surface area (Å²) < 4.78 is 5.12. The van der Waals surface area contributed by atoms with Crippen LogP contribution in [-0.2, 0) is 9.53 Å². The van der Waals surface area contributed by atoms with Crippen LogP contribution in [-0.4, -0.2) is 28.3 Å². The monoisotopic (exact) mass is 267 g/mol. The lowest BCUT2D eigenvalue weighted by atomic mass is 9.80. The Hall–Kier alpha value is -1.78. The number of rotatable bonds is 2. The summed E-state index contributed by atoms with van der Waals surface area (Å²) in [4.78, 5) is 23.4. The Morgan fingerprint density at radius 2 is 2.00 bits per heavy atom. The summed E-state index contributed by atoms with van der Waals surface area (Å²) in [6.45, 7) is 8.81. The smallest absolute Gasteiger partial charge is 0.408 e. The Labute approximate surface area is 113 Å². The molecule has 0 heterocycles. The molecule has 0 saturated heterocycles. The summed E-state index contributed by atoms with van der Waals surface area (Å²) in [5.41, 5.74) is -1.16. The van der Waals surface area contributed by atoms with E-state index in [1.807, 2.05) is 13.0 Å². The van der Waals surface area contributed by atoms with E-state index in [4.69, 9.17) is 4.74 Å².